The highest BCUT2D eigenvalue weighted by Crippen LogP contribution is 2.32. The van der Waals surface area contributed by atoms with Gasteiger partial charge in [-0.15, -0.1) is 11.3 Å². The Balaban J connectivity index is 1.53. The van der Waals surface area contributed by atoms with Gasteiger partial charge in [0.2, 0.25) is 5.91 Å². The summed E-state index contributed by atoms with van der Waals surface area (Å²) in [7, 11) is 0. The molecule has 1 amide bonds. The van der Waals surface area contributed by atoms with E-state index in [9.17, 15) is 4.79 Å². The Labute approximate surface area is 163 Å². The van der Waals surface area contributed by atoms with Crippen LogP contribution in [0.15, 0.2) is 30.6 Å². The van der Waals surface area contributed by atoms with Gasteiger partial charge in [0.25, 0.3) is 0 Å². The summed E-state index contributed by atoms with van der Waals surface area (Å²) in [5, 5.41) is 7.08. The van der Waals surface area contributed by atoms with Crippen LogP contribution in [-0.4, -0.2) is 35.1 Å². The molecule has 6 nitrogen and oxygen atoms in total. The number of benzene rings is 1. The molecule has 142 valence electrons. The number of anilines is 1. The first-order valence-corrected chi connectivity index (χ1v) is 9.71. The lowest BCUT2D eigenvalue weighted by Gasteiger charge is -2.15. The monoisotopic (exact) mass is 384 g/mol. The molecule has 0 fully saturated rings. The van der Waals surface area contributed by atoms with E-state index in [2.05, 4.69) is 34.4 Å². The van der Waals surface area contributed by atoms with E-state index in [1.807, 2.05) is 38.1 Å². The minimum Gasteiger partial charge on any atom is -0.492 e. The fourth-order valence-corrected chi connectivity index (χ4v) is 3.69. The van der Waals surface area contributed by atoms with Crippen molar-refractivity contribution in [1.29, 1.82) is 0 Å². The molecule has 3 rings (SSSR count). The van der Waals surface area contributed by atoms with Gasteiger partial charge in [0.15, 0.2) is 0 Å². The number of rotatable bonds is 7. The van der Waals surface area contributed by atoms with Crippen LogP contribution in [0.3, 0.4) is 0 Å². The fraction of sp³-hybridized carbons (Fsp3) is 0.350. The number of hydrogen-bond donors (Lipinski definition) is 2. The van der Waals surface area contributed by atoms with Crippen molar-refractivity contribution in [3.05, 3.63) is 46.6 Å². The Bertz CT molecular complexity index is 937. The van der Waals surface area contributed by atoms with E-state index in [-0.39, 0.29) is 5.91 Å². The van der Waals surface area contributed by atoms with E-state index in [1.54, 1.807) is 11.3 Å². The number of ether oxygens (including phenoxy) is 1. The molecule has 3 aromatic rings. The highest BCUT2D eigenvalue weighted by atomic mass is 32.1. The zero-order valence-corrected chi connectivity index (χ0v) is 16.8. The van der Waals surface area contributed by atoms with Crippen molar-refractivity contribution in [2.45, 2.75) is 33.7 Å². The summed E-state index contributed by atoms with van der Waals surface area (Å²) in [4.78, 5) is 23.1. The lowest BCUT2D eigenvalue weighted by Crippen LogP contribution is -2.39. The zero-order valence-electron chi connectivity index (χ0n) is 16.0. The molecule has 2 aromatic heterocycles. The summed E-state index contributed by atoms with van der Waals surface area (Å²) >= 11 is 1.64. The smallest absolute Gasteiger partial charge is 0.242 e. The maximum Gasteiger partial charge on any atom is 0.242 e. The predicted molar refractivity (Wildman–Crippen MR) is 110 cm³/mol. The number of carbonyl (C=O) groups excluding carboxylic acids is 1. The molecule has 0 unspecified atom stereocenters. The van der Waals surface area contributed by atoms with Crippen molar-refractivity contribution < 1.29 is 9.53 Å². The molecule has 0 aliphatic heterocycles. The second kappa shape index (κ2) is 8.35. The molecular weight excluding hydrogens is 360 g/mol. The van der Waals surface area contributed by atoms with Gasteiger partial charge >= 0.3 is 0 Å². The maximum absolute atomic E-state index is 12.4. The van der Waals surface area contributed by atoms with E-state index < -0.39 is 6.04 Å². The normalized spacial score (nSPS) is 12.0. The van der Waals surface area contributed by atoms with E-state index >= 15 is 0 Å². The molecule has 0 radical (unpaired) electrons. The van der Waals surface area contributed by atoms with Crippen molar-refractivity contribution in [2.75, 3.05) is 18.5 Å². The zero-order chi connectivity index (χ0) is 19.4. The molecule has 0 saturated heterocycles. The Kier molecular flexibility index (Phi) is 5.91. The molecule has 0 spiro atoms. The van der Waals surface area contributed by atoms with Crippen molar-refractivity contribution in [2.24, 2.45) is 0 Å². The highest BCUT2D eigenvalue weighted by molar-refractivity contribution is 7.18. The Morgan fingerprint density at radius 1 is 1.19 bits per heavy atom. The maximum atomic E-state index is 12.4. The Morgan fingerprint density at radius 2 is 1.93 bits per heavy atom. The minimum atomic E-state index is -0.415. The largest absolute Gasteiger partial charge is 0.492 e. The third kappa shape index (κ3) is 4.54. The van der Waals surface area contributed by atoms with Crippen LogP contribution in [0.5, 0.6) is 5.75 Å². The number of carbonyl (C=O) groups is 1. The fourth-order valence-electron chi connectivity index (χ4n) is 2.69. The molecule has 2 heterocycles. The van der Waals surface area contributed by atoms with Crippen LogP contribution < -0.4 is 15.4 Å². The number of thiophene rings is 1. The van der Waals surface area contributed by atoms with Gasteiger partial charge in [-0.2, -0.15) is 0 Å². The van der Waals surface area contributed by atoms with E-state index in [0.717, 1.165) is 21.5 Å². The summed E-state index contributed by atoms with van der Waals surface area (Å²) in [6, 6.07) is 7.43. The standard InChI is InChI=1S/C20H24N4O2S/c1-12-5-7-16(8-6-12)26-10-9-21-19(25)14(3)24-18-17-13(2)15(4)27-20(17)23-11-22-18/h5-8,11,14H,9-10H2,1-4H3,(H,21,25)(H,22,23,24)/t14-/m0/s1. The van der Waals surface area contributed by atoms with E-state index in [1.165, 1.54) is 16.8 Å². The van der Waals surface area contributed by atoms with Crippen molar-refractivity contribution in [3.63, 3.8) is 0 Å². The third-order valence-electron chi connectivity index (χ3n) is 4.40. The molecule has 27 heavy (non-hydrogen) atoms. The molecule has 7 heteroatoms. The van der Waals surface area contributed by atoms with E-state index in [4.69, 9.17) is 4.74 Å². The van der Waals surface area contributed by atoms with Crippen LogP contribution >= 0.6 is 11.3 Å². The second-order valence-corrected chi connectivity index (χ2v) is 7.71. The van der Waals surface area contributed by atoms with Gasteiger partial charge in [-0.25, -0.2) is 9.97 Å². The van der Waals surface area contributed by atoms with Gasteiger partial charge < -0.3 is 15.4 Å². The number of aromatic nitrogens is 2. The average molecular weight is 385 g/mol. The first kappa shape index (κ1) is 19.1. The van der Waals surface area contributed by atoms with E-state index in [0.29, 0.717) is 19.0 Å². The molecule has 0 bridgehead atoms. The number of hydrogen-bond acceptors (Lipinski definition) is 6. The Hall–Kier alpha value is -2.67. The van der Waals surface area contributed by atoms with Gasteiger partial charge in [-0.3, -0.25) is 4.79 Å². The molecular formula is C20H24N4O2S. The minimum absolute atomic E-state index is 0.0983. The summed E-state index contributed by atoms with van der Waals surface area (Å²) in [5.74, 6) is 1.40. The topological polar surface area (TPSA) is 76.1 Å². The van der Waals surface area contributed by atoms with Crippen LogP contribution in [0.2, 0.25) is 0 Å². The molecule has 0 aliphatic rings. The highest BCUT2D eigenvalue weighted by Gasteiger charge is 2.17. The predicted octanol–water partition coefficient (Wildman–Crippen LogP) is 3.61. The molecule has 1 atom stereocenters. The molecule has 1 aromatic carbocycles. The van der Waals surface area contributed by atoms with Crippen molar-refractivity contribution >= 4 is 33.3 Å². The quantitative estimate of drug-likeness (QED) is 0.609. The first-order chi connectivity index (χ1) is 13.0. The first-order valence-electron chi connectivity index (χ1n) is 8.90. The van der Waals surface area contributed by atoms with Gasteiger partial charge in [-0.05, 0) is 45.4 Å². The van der Waals surface area contributed by atoms with Gasteiger partial charge in [0.05, 0.1) is 11.9 Å². The van der Waals surface area contributed by atoms with Crippen LogP contribution in [0.1, 0.15) is 22.9 Å². The number of nitrogens with zero attached hydrogens (tertiary/aromatic N) is 2. The SMILES string of the molecule is Cc1ccc(OCCNC(=O)[C@H](C)Nc2ncnc3sc(C)c(C)c23)cc1. The number of fused-ring (bicyclic) bond motifs is 1. The van der Waals surface area contributed by atoms with Gasteiger partial charge in [0.1, 0.15) is 35.4 Å². The van der Waals surface area contributed by atoms with Crippen LogP contribution in [0, 0.1) is 20.8 Å². The van der Waals surface area contributed by atoms with Gasteiger partial charge in [0, 0.05) is 4.88 Å². The number of nitrogens with one attached hydrogen (secondary N) is 2. The van der Waals surface area contributed by atoms with Crippen LogP contribution in [0.4, 0.5) is 5.82 Å². The van der Waals surface area contributed by atoms with Crippen molar-refractivity contribution in [3.8, 4) is 5.75 Å². The third-order valence-corrected chi connectivity index (χ3v) is 5.52. The van der Waals surface area contributed by atoms with Crippen molar-refractivity contribution in [1.82, 2.24) is 15.3 Å². The second-order valence-electron chi connectivity index (χ2n) is 6.50. The summed E-state index contributed by atoms with van der Waals surface area (Å²) in [5.41, 5.74) is 2.34. The summed E-state index contributed by atoms with van der Waals surface area (Å²) in [6.07, 6.45) is 1.53. The molecule has 0 saturated carbocycles. The lowest BCUT2D eigenvalue weighted by atomic mass is 10.2. The summed E-state index contributed by atoms with van der Waals surface area (Å²) < 4.78 is 5.63. The Morgan fingerprint density at radius 3 is 2.67 bits per heavy atom. The van der Waals surface area contributed by atoms with Crippen LogP contribution in [0.25, 0.3) is 10.2 Å². The average Bonchev–Trinajstić information content (AvgIpc) is 2.95. The molecule has 2 N–H and O–H groups in total. The summed E-state index contributed by atoms with van der Waals surface area (Å²) in [6.45, 7) is 8.82. The van der Waals surface area contributed by atoms with Crippen LogP contribution in [-0.2, 0) is 4.79 Å². The lowest BCUT2D eigenvalue weighted by molar-refractivity contribution is -0.121. The number of amides is 1. The van der Waals surface area contributed by atoms with Gasteiger partial charge in [-0.1, -0.05) is 17.7 Å². The number of aryl methyl sites for hydroxylation is 3. The molecule has 0 aliphatic carbocycles.